The first-order valence-electron chi connectivity index (χ1n) is 12.8. The van der Waals surface area contributed by atoms with Gasteiger partial charge in [0.25, 0.3) is 5.91 Å². The first kappa shape index (κ1) is 25.4. The van der Waals surface area contributed by atoms with E-state index in [1.165, 1.54) is 11.1 Å². The molecule has 0 bridgehead atoms. The summed E-state index contributed by atoms with van der Waals surface area (Å²) in [7, 11) is -0.433. The molecule has 7 nitrogen and oxygen atoms in total. The highest BCUT2D eigenvalue weighted by Gasteiger charge is 2.32. The van der Waals surface area contributed by atoms with Gasteiger partial charge in [0.15, 0.2) is 0 Å². The first-order valence-corrected chi connectivity index (χ1v) is 12.8. The Balaban J connectivity index is 1.17. The van der Waals surface area contributed by atoms with Crippen LogP contribution in [0.25, 0.3) is 0 Å². The van der Waals surface area contributed by atoms with Crippen molar-refractivity contribution < 1.29 is 14.6 Å². The molecule has 2 saturated heterocycles. The van der Waals surface area contributed by atoms with E-state index in [0.29, 0.717) is 12.1 Å². The predicted octanol–water partition coefficient (Wildman–Crippen LogP) is 2.13. The summed E-state index contributed by atoms with van der Waals surface area (Å²) in [4.78, 5) is 31.8. The molecule has 2 heterocycles. The summed E-state index contributed by atoms with van der Waals surface area (Å²) in [6.45, 7) is 8.05. The topological polar surface area (TPSA) is 76.1 Å². The second-order valence-electron chi connectivity index (χ2n) is 9.73. The van der Waals surface area contributed by atoms with E-state index < -0.39 is 7.05 Å². The lowest BCUT2D eigenvalue weighted by atomic mass is 9.80. The molecule has 0 aliphatic carbocycles. The quantitative estimate of drug-likeness (QED) is 0.571. The van der Waals surface area contributed by atoms with Crippen molar-refractivity contribution in [3.63, 3.8) is 0 Å². The maximum atomic E-state index is 12.9. The van der Waals surface area contributed by atoms with Gasteiger partial charge in [0, 0.05) is 50.7 Å². The van der Waals surface area contributed by atoms with Gasteiger partial charge in [-0.15, -0.1) is 0 Å². The molecule has 0 unspecified atom stereocenters. The molecule has 2 aliphatic rings. The van der Waals surface area contributed by atoms with Crippen molar-refractivity contribution in [1.82, 2.24) is 19.9 Å². The second-order valence-corrected chi connectivity index (χ2v) is 9.73. The molecule has 2 amide bonds. The number of nitrogens with zero attached hydrogens (tertiary/aromatic N) is 3. The van der Waals surface area contributed by atoms with Gasteiger partial charge in [-0.1, -0.05) is 42.5 Å². The molecule has 0 radical (unpaired) electrons. The van der Waals surface area contributed by atoms with Crippen LogP contribution in [0.5, 0.6) is 0 Å². The standard InChI is InChI=1S/C27H37BN4O3/c1-28(35)32-15-12-25(13-16-32)27(34)31-19-17-30(18-20-31)21-23-7-9-24(10-8-23)26(33)29-14-11-22-5-3-2-4-6-22/h2-10,25,35H,11-21H2,1H3,(H,29,33). The Morgan fingerprint density at radius 1 is 0.914 bits per heavy atom. The van der Waals surface area contributed by atoms with Gasteiger partial charge in [-0.3, -0.25) is 14.5 Å². The highest BCUT2D eigenvalue weighted by molar-refractivity contribution is 6.45. The van der Waals surface area contributed by atoms with Crippen molar-refractivity contribution in [3.8, 4) is 0 Å². The Bertz CT molecular complexity index is 954. The zero-order chi connectivity index (χ0) is 24.6. The maximum Gasteiger partial charge on any atom is 0.376 e. The van der Waals surface area contributed by atoms with Crippen LogP contribution >= 0.6 is 0 Å². The van der Waals surface area contributed by atoms with Crippen molar-refractivity contribution in [3.05, 3.63) is 71.3 Å². The Morgan fingerprint density at radius 2 is 1.57 bits per heavy atom. The average Bonchev–Trinajstić information content (AvgIpc) is 2.90. The van der Waals surface area contributed by atoms with E-state index in [-0.39, 0.29) is 17.7 Å². The van der Waals surface area contributed by atoms with Gasteiger partial charge in [0.05, 0.1) is 0 Å². The van der Waals surface area contributed by atoms with Gasteiger partial charge in [-0.05, 0) is 62.4 Å². The fourth-order valence-electron chi connectivity index (χ4n) is 4.99. The normalized spacial score (nSPS) is 17.8. The summed E-state index contributed by atoms with van der Waals surface area (Å²) >= 11 is 0. The highest BCUT2D eigenvalue weighted by atomic mass is 16.2. The smallest absolute Gasteiger partial charge is 0.376 e. The van der Waals surface area contributed by atoms with E-state index in [1.807, 2.05) is 52.2 Å². The number of amides is 2. The van der Waals surface area contributed by atoms with Gasteiger partial charge in [-0.2, -0.15) is 0 Å². The summed E-state index contributed by atoms with van der Waals surface area (Å²) in [5, 5.41) is 12.7. The summed E-state index contributed by atoms with van der Waals surface area (Å²) in [6.07, 6.45) is 2.48. The molecule has 0 saturated carbocycles. The third-order valence-corrected chi connectivity index (χ3v) is 7.26. The fourth-order valence-corrected chi connectivity index (χ4v) is 4.99. The maximum absolute atomic E-state index is 12.9. The fraction of sp³-hybridized carbons (Fsp3) is 0.481. The summed E-state index contributed by atoms with van der Waals surface area (Å²) in [6, 6.07) is 18.0. The summed E-state index contributed by atoms with van der Waals surface area (Å²) in [5.41, 5.74) is 3.07. The van der Waals surface area contributed by atoms with Crippen LogP contribution < -0.4 is 5.32 Å². The van der Waals surface area contributed by atoms with Crippen LogP contribution in [0.4, 0.5) is 0 Å². The minimum absolute atomic E-state index is 0.0427. The Hall–Kier alpha value is -2.68. The van der Waals surface area contributed by atoms with E-state index in [0.717, 1.165) is 65.1 Å². The Labute approximate surface area is 209 Å². The van der Waals surface area contributed by atoms with Crippen LogP contribution in [0, 0.1) is 5.92 Å². The first-order chi connectivity index (χ1) is 17.0. The van der Waals surface area contributed by atoms with E-state index in [1.54, 1.807) is 6.82 Å². The van der Waals surface area contributed by atoms with Crippen molar-refractivity contribution in [2.45, 2.75) is 32.6 Å². The number of hydrogen-bond donors (Lipinski definition) is 2. The Kier molecular flexibility index (Phi) is 8.96. The third kappa shape index (κ3) is 7.16. The second kappa shape index (κ2) is 12.3. The van der Waals surface area contributed by atoms with Crippen molar-refractivity contribution in [2.24, 2.45) is 5.92 Å². The molecule has 2 N–H and O–H groups in total. The van der Waals surface area contributed by atoms with E-state index in [4.69, 9.17) is 0 Å². The number of hydrogen-bond acceptors (Lipinski definition) is 5. The lowest BCUT2D eigenvalue weighted by Crippen LogP contribution is -2.52. The molecule has 2 fully saturated rings. The van der Waals surface area contributed by atoms with Gasteiger partial charge >= 0.3 is 7.05 Å². The van der Waals surface area contributed by atoms with Crippen LogP contribution in [0.1, 0.15) is 34.3 Å². The molecule has 2 aliphatic heterocycles. The van der Waals surface area contributed by atoms with E-state index in [2.05, 4.69) is 22.3 Å². The van der Waals surface area contributed by atoms with Crippen LogP contribution in [0.15, 0.2) is 54.6 Å². The molecule has 0 spiro atoms. The molecule has 0 aromatic heterocycles. The minimum Gasteiger partial charge on any atom is -0.437 e. The van der Waals surface area contributed by atoms with Crippen LogP contribution in [0.3, 0.4) is 0 Å². The molecule has 186 valence electrons. The number of piperazine rings is 1. The molecule has 2 aromatic carbocycles. The average molecular weight is 476 g/mol. The molecule has 4 rings (SSSR count). The lowest BCUT2D eigenvalue weighted by Gasteiger charge is -2.38. The van der Waals surface area contributed by atoms with Gasteiger partial charge < -0.3 is 20.1 Å². The van der Waals surface area contributed by atoms with E-state index >= 15 is 0 Å². The van der Waals surface area contributed by atoms with Gasteiger partial charge in [0.1, 0.15) is 0 Å². The van der Waals surface area contributed by atoms with Crippen LogP contribution in [-0.4, -0.2) is 84.3 Å². The highest BCUT2D eigenvalue weighted by Crippen LogP contribution is 2.21. The molecule has 2 aromatic rings. The van der Waals surface area contributed by atoms with Crippen molar-refractivity contribution >= 4 is 18.9 Å². The molecular weight excluding hydrogens is 439 g/mol. The lowest BCUT2D eigenvalue weighted by molar-refractivity contribution is -0.138. The molecule has 8 heteroatoms. The number of benzene rings is 2. The number of nitrogens with one attached hydrogen (secondary N) is 1. The molecule has 35 heavy (non-hydrogen) atoms. The van der Waals surface area contributed by atoms with E-state index in [9.17, 15) is 14.6 Å². The number of rotatable bonds is 8. The zero-order valence-corrected chi connectivity index (χ0v) is 20.7. The van der Waals surface area contributed by atoms with Crippen LogP contribution in [0.2, 0.25) is 6.82 Å². The number of carbonyl (C=O) groups is 2. The Morgan fingerprint density at radius 3 is 2.20 bits per heavy atom. The minimum atomic E-state index is -0.433. The molecule has 0 atom stereocenters. The monoisotopic (exact) mass is 476 g/mol. The van der Waals surface area contributed by atoms with Crippen molar-refractivity contribution in [2.75, 3.05) is 45.8 Å². The predicted molar refractivity (Wildman–Crippen MR) is 139 cm³/mol. The third-order valence-electron chi connectivity index (χ3n) is 7.26. The van der Waals surface area contributed by atoms with Crippen LogP contribution in [-0.2, 0) is 17.8 Å². The van der Waals surface area contributed by atoms with Gasteiger partial charge in [0.2, 0.25) is 5.91 Å². The van der Waals surface area contributed by atoms with Crippen molar-refractivity contribution in [1.29, 1.82) is 0 Å². The summed E-state index contributed by atoms with van der Waals surface area (Å²) in [5.74, 6) is 0.319. The number of carbonyl (C=O) groups excluding carboxylic acids is 2. The zero-order valence-electron chi connectivity index (χ0n) is 20.7. The SMILES string of the molecule is CB(O)N1CCC(C(=O)N2CCN(Cc3ccc(C(=O)NCCc4ccccc4)cc3)CC2)CC1. The number of piperidine rings is 1. The summed E-state index contributed by atoms with van der Waals surface area (Å²) < 4.78 is 0. The van der Waals surface area contributed by atoms with Gasteiger partial charge in [-0.25, -0.2) is 0 Å². The molecular formula is C27H37BN4O3. The largest absolute Gasteiger partial charge is 0.437 e.